The third-order valence-electron chi connectivity index (χ3n) is 4.04. The summed E-state index contributed by atoms with van der Waals surface area (Å²) in [6.07, 6.45) is 1.13. The summed E-state index contributed by atoms with van der Waals surface area (Å²) < 4.78 is 0. The van der Waals surface area contributed by atoms with Crippen LogP contribution >= 0.6 is 0 Å². The topological polar surface area (TPSA) is 29.3 Å². The smallest absolute Gasteiger partial charge is 0.0432 e. The fourth-order valence-electron chi connectivity index (χ4n) is 2.82. The van der Waals surface area contributed by atoms with Gasteiger partial charge in [-0.3, -0.25) is 0 Å². The maximum Gasteiger partial charge on any atom is 0.0432 e. The predicted molar refractivity (Wildman–Crippen MR) is 80.3 cm³/mol. The summed E-state index contributed by atoms with van der Waals surface area (Å²) in [6.45, 7) is 4.87. The molecule has 0 bridgehead atoms. The van der Waals surface area contributed by atoms with E-state index in [-0.39, 0.29) is 0 Å². The quantitative estimate of drug-likeness (QED) is 0.890. The number of hydrogen-bond acceptors (Lipinski definition) is 2. The second-order valence-corrected chi connectivity index (χ2v) is 5.26. The number of nitrogens with zero attached hydrogens (tertiary/aromatic N) is 1. The highest BCUT2D eigenvalue weighted by Gasteiger charge is 2.16. The second kappa shape index (κ2) is 5.06. The molecule has 2 heteroatoms. The van der Waals surface area contributed by atoms with Crippen molar-refractivity contribution in [2.75, 3.05) is 11.4 Å². The molecule has 0 aromatic heterocycles. The van der Waals surface area contributed by atoms with Gasteiger partial charge in [-0.25, -0.2) is 0 Å². The molecule has 3 rings (SSSR count). The Morgan fingerprint density at radius 2 is 1.89 bits per heavy atom. The number of rotatable bonds is 2. The van der Waals surface area contributed by atoms with Gasteiger partial charge in [0.05, 0.1) is 0 Å². The minimum absolute atomic E-state index is 0.620. The van der Waals surface area contributed by atoms with Gasteiger partial charge in [0, 0.05) is 25.3 Å². The van der Waals surface area contributed by atoms with Crippen LogP contribution in [0.25, 0.3) is 0 Å². The average Bonchev–Trinajstić information content (AvgIpc) is 2.46. The van der Waals surface area contributed by atoms with Crippen LogP contribution in [0.2, 0.25) is 0 Å². The molecule has 98 valence electrons. The lowest BCUT2D eigenvalue weighted by Gasteiger charge is -2.31. The highest BCUT2D eigenvalue weighted by molar-refractivity contribution is 5.53. The zero-order valence-electron chi connectivity index (χ0n) is 11.4. The first kappa shape index (κ1) is 12.2. The van der Waals surface area contributed by atoms with E-state index in [0.29, 0.717) is 6.54 Å². The molecule has 0 fully saturated rings. The molecule has 1 aliphatic rings. The maximum absolute atomic E-state index is 5.73. The van der Waals surface area contributed by atoms with Crippen molar-refractivity contribution < 1.29 is 0 Å². The Hall–Kier alpha value is -1.80. The van der Waals surface area contributed by atoms with E-state index in [1.807, 2.05) is 0 Å². The highest BCUT2D eigenvalue weighted by Crippen LogP contribution is 2.26. The number of benzene rings is 2. The van der Waals surface area contributed by atoms with E-state index in [4.69, 9.17) is 5.73 Å². The standard InChI is InChI=1S/C17H20N2/c1-13-10-17(7-6-15(13)11-18)19-9-8-14-4-2-3-5-16(14)12-19/h2-7,10H,8-9,11-12,18H2,1H3. The van der Waals surface area contributed by atoms with Crippen LogP contribution in [0.4, 0.5) is 5.69 Å². The van der Waals surface area contributed by atoms with E-state index in [2.05, 4.69) is 54.3 Å². The largest absolute Gasteiger partial charge is 0.367 e. The van der Waals surface area contributed by atoms with Gasteiger partial charge in [0.15, 0.2) is 0 Å². The van der Waals surface area contributed by atoms with Crippen molar-refractivity contribution >= 4 is 5.69 Å². The summed E-state index contributed by atoms with van der Waals surface area (Å²) in [6, 6.07) is 15.4. The lowest BCUT2D eigenvalue weighted by Crippen LogP contribution is -2.30. The lowest BCUT2D eigenvalue weighted by molar-refractivity contribution is 0.731. The molecule has 0 unspecified atom stereocenters. The van der Waals surface area contributed by atoms with Crippen LogP contribution in [0.5, 0.6) is 0 Å². The molecule has 1 heterocycles. The van der Waals surface area contributed by atoms with Gasteiger partial charge in [-0.05, 0) is 47.7 Å². The maximum atomic E-state index is 5.73. The fraction of sp³-hybridized carbons (Fsp3) is 0.294. The number of nitrogens with two attached hydrogens (primary N) is 1. The van der Waals surface area contributed by atoms with E-state index in [1.54, 1.807) is 0 Å². The Kier molecular flexibility index (Phi) is 3.26. The van der Waals surface area contributed by atoms with Gasteiger partial charge in [-0.15, -0.1) is 0 Å². The van der Waals surface area contributed by atoms with E-state index in [1.165, 1.54) is 27.9 Å². The molecule has 2 N–H and O–H groups in total. The van der Waals surface area contributed by atoms with E-state index in [9.17, 15) is 0 Å². The molecular weight excluding hydrogens is 232 g/mol. The van der Waals surface area contributed by atoms with Crippen LogP contribution in [0.1, 0.15) is 22.3 Å². The molecule has 0 amide bonds. The molecule has 0 spiro atoms. The van der Waals surface area contributed by atoms with Crippen molar-refractivity contribution in [3.8, 4) is 0 Å². The number of anilines is 1. The lowest BCUT2D eigenvalue weighted by atomic mass is 9.99. The van der Waals surface area contributed by atoms with Crippen LogP contribution in [0.3, 0.4) is 0 Å². The molecule has 19 heavy (non-hydrogen) atoms. The van der Waals surface area contributed by atoms with E-state index in [0.717, 1.165) is 19.5 Å². The molecule has 0 atom stereocenters. The van der Waals surface area contributed by atoms with Gasteiger partial charge in [-0.1, -0.05) is 30.3 Å². The average molecular weight is 252 g/mol. The van der Waals surface area contributed by atoms with Crippen LogP contribution in [0.15, 0.2) is 42.5 Å². The van der Waals surface area contributed by atoms with Gasteiger partial charge in [0.2, 0.25) is 0 Å². The number of fused-ring (bicyclic) bond motifs is 1. The molecule has 1 aliphatic heterocycles. The van der Waals surface area contributed by atoms with Crippen molar-refractivity contribution in [1.29, 1.82) is 0 Å². The van der Waals surface area contributed by atoms with Gasteiger partial charge in [-0.2, -0.15) is 0 Å². The first-order valence-corrected chi connectivity index (χ1v) is 6.89. The van der Waals surface area contributed by atoms with Crippen LogP contribution in [-0.4, -0.2) is 6.54 Å². The van der Waals surface area contributed by atoms with Gasteiger partial charge in [0.1, 0.15) is 0 Å². The van der Waals surface area contributed by atoms with Crippen molar-refractivity contribution in [2.24, 2.45) is 5.73 Å². The van der Waals surface area contributed by atoms with Gasteiger partial charge < -0.3 is 10.6 Å². The molecule has 2 nitrogen and oxygen atoms in total. The highest BCUT2D eigenvalue weighted by atomic mass is 15.1. The van der Waals surface area contributed by atoms with Crippen molar-refractivity contribution in [2.45, 2.75) is 26.4 Å². The molecular formula is C17H20N2. The van der Waals surface area contributed by atoms with Gasteiger partial charge >= 0.3 is 0 Å². The Labute approximate surface area is 114 Å². The summed E-state index contributed by atoms with van der Waals surface area (Å²) >= 11 is 0. The molecule has 0 radical (unpaired) electrons. The molecule has 0 saturated heterocycles. The summed E-state index contributed by atoms with van der Waals surface area (Å²) in [5.74, 6) is 0. The third-order valence-corrected chi connectivity index (χ3v) is 4.04. The van der Waals surface area contributed by atoms with Crippen molar-refractivity contribution in [3.05, 3.63) is 64.7 Å². The zero-order valence-corrected chi connectivity index (χ0v) is 11.4. The first-order chi connectivity index (χ1) is 9.28. The predicted octanol–water partition coefficient (Wildman–Crippen LogP) is 3.02. The monoisotopic (exact) mass is 252 g/mol. The summed E-state index contributed by atoms with van der Waals surface area (Å²) in [5.41, 5.74) is 12.5. The molecule has 2 aromatic rings. The summed E-state index contributed by atoms with van der Waals surface area (Å²) in [5, 5.41) is 0. The van der Waals surface area contributed by atoms with E-state index < -0.39 is 0 Å². The minimum atomic E-state index is 0.620. The Morgan fingerprint density at radius 1 is 1.11 bits per heavy atom. The Balaban J connectivity index is 1.87. The SMILES string of the molecule is Cc1cc(N2CCc3ccccc3C2)ccc1CN. The second-order valence-electron chi connectivity index (χ2n) is 5.26. The summed E-state index contributed by atoms with van der Waals surface area (Å²) in [4.78, 5) is 2.45. The van der Waals surface area contributed by atoms with Gasteiger partial charge in [0.25, 0.3) is 0 Å². The molecule has 0 aliphatic carbocycles. The van der Waals surface area contributed by atoms with E-state index >= 15 is 0 Å². The van der Waals surface area contributed by atoms with Crippen LogP contribution in [0, 0.1) is 6.92 Å². The van der Waals surface area contributed by atoms with Crippen molar-refractivity contribution in [3.63, 3.8) is 0 Å². The fourth-order valence-corrected chi connectivity index (χ4v) is 2.82. The minimum Gasteiger partial charge on any atom is -0.367 e. The van der Waals surface area contributed by atoms with Crippen LogP contribution in [-0.2, 0) is 19.5 Å². The number of hydrogen-bond donors (Lipinski definition) is 1. The third kappa shape index (κ3) is 2.36. The molecule has 0 saturated carbocycles. The Bertz CT molecular complexity index is 590. The zero-order chi connectivity index (χ0) is 13.2. The summed E-state index contributed by atoms with van der Waals surface area (Å²) in [7, 11) is 0. The van der Waals surface area contributed by atoms with Crippen molar-refractivity contribution in [1.82, 2.24) is 0 Å². The van der Waals surface area contributed by atoms with Crippen LogP contribution < -0.4 is 10.6 Å². The number of aryl methyl sites for hydroxylation is 1. The first-order valence-electron chi connectivity index (χ1n) is 6.89. The molecule has 2 aromatic carbocycles. The Morgan fingerprint density at radius 3 is 2.63 bits per heavy atom. The normalized spacial score (nSPS) is 14.3.